The molecule has 0 aliphatic heterocycles. The number of rotatable bonds is 3. The van der Waals surface area contributed by atoms with Crippen LogP contribution in [0.15, 0.2) is 12.1 Å². The summed E-state index contributed by atoms with van der Waals surface area (Å²) < 4.78 is 38.8. The summed E-state index contributed by atoms with van der Waals surface area (Å²) in [6, 6.07) is -1.58. The minimum Gasteiger partial charge on any atom is -0.480 e. The second-order valence-corrected chi connectivity index (χ2v) is 3.40. The lowest BCUT2D eigenvalue weighted by atomic mass is 10.3. The SMILES string of the molecule is C[C@H](NC(=O)Nc1c(F)cc(F)cc1F)C(=O)O. The van der Waals surface area contributed by atoms with Gasteiger partial charge in [0, 0.05) is 12.1 Å². The minimum absolute atomic E-state index is 0.388. The van der Waals surface area contributed by atoms with Gasteiger partial charge in [0.2, 0.25) is 0 Å². The first-order chi connectivity index (χ1) is 8.31. The van der Waals surface area contributed by atoms with E-state index in [1.54, 1.807) is 5.32 Å². The molecule has 0 aromatic heterocycles. The van der Waals surface area contributed by atoms with Crippen molar-refractivity contribution in [3.05, 3.63) is 29.6 Å². The van der Waals surface area contributed by atoms with Crippen LogP contribution in [0.2, 0.25) is 0 Å². The molecular formula is C10H9F3N2O3. The second kappa shape index (κ2) is 5.39. The van der Waals surface area contributed by atoms with E-state index in [-0.39, 0.29) is 0 Å². The zero-order chi connectivity index (χ0) is 13.9. The molecular weight excluding hydrogens is 253 g/mol. The first kappa shape index (κ1) is 13.8. The summed E-state index contributed by atoms with van der Waals surface area (Å²) in [5.74, 6) is -5.05. The number of aliphatic carboxylic acids is 1. The largest absolute Gasteiger partial charge is 0.480 e. The first-order valence-corrected chi connectivity index (χ1v) is 4.76. The van der Waals surface area contributed by atoms with E-state index in [9.17, 15) is 22.8 Å². The van der Waals surface area contributed by atoms with E-state index < -0.39 is 41.2 Å². The predicted molar refractivity (Wildman–Crippen MR) is 55.6 cm³/mol. The Morgan fingerprint density at radius 1 is 1.22 bits per heavy atom. The minimum atomic E-state index is -1.31. The molecule has 1 atom stereocenters. The Bertz CT molecular complexity index is 470. The van der Waals surface area contributed by atoms with Gasteiger partial charge in [-0.2, -0.15) is 0 Å². The molecule has 0 fully saturated rings. The van der Waals surface area contributed by atoms with Crippen LogP contribution in [0.5, 0.6) is 0 Å². The highest BCUT2D eigenvalue weighted by Crippen LogP contribution is 2.19. The number of halogens is 3. The van der Waals surface area contributed by atoms with Crippen molar-refractivity contribution in [3.63, 3.8) is 0 Å². The third-order valence-electron chi connectivity index (χ3n) is 1.96. The van der Waals surface area contributed by atoms with Crippen molar-refractivity contribution in [3.8, 4) is 0 Å². The number of carbonyl (C=O) groups is 2. The molecule has 0 heterocycles. The lowest BCUT2D eigenvalue weighted by Crippen LogP contribution is -2.41. The fourth-order valence-corrected chi connectivity index (χ4v) is 1.07. The Hall–Kier alpha value is -2.25. The molecule has 0 aliphatic carbocycles. The number of anilines is 1. The molecule has 2 amide bonds. The Balaban J connectivity index is 2.80. The standard InChI is InChI=1S/C10H9F3N2O3/c1-4(9(16)17)14-10(18)15-8-6(12)2-5(11)3-7(8)13/h2-4H,1H3,(H,16,17)(H2,14,15,18)/t4-/m0/s1. The van der Waals surface area contributed by atoms with Crippen LogP contribution in [0.3, 0.4) is 0 Å². The molecule has 0 saturated heterocycles. The Kier molecular flexibility index (Phi) is 4.13. The maximum absolute atomic E-state index is 13.1. The van der Waals surface area contributed by atoms with Crippen LogP contribution in [0.1, 0.15) is 6.92 Å². The molecule has 0 bridgehead atoms. The topological polar surface area (TPSA) is 78.4 Å². The zero-order valence-corrected chi connectivity index (χ0v) is 9.13. The summed E-state index contributed by atoms with van der Waals surface area (Å²) in [5.41, 5.74) is -0.855. The number of hydrogen-bond acceptors (Lipinski definition) is 2. The van der Waals surface area contributed by atoms with Crippen molar-refractivity contribution in [2.45, 2.75) is 13.0 Å². The summed E-state index contributed by atoms with van der Waals surface area (Å²) in [6.45, 7) is 1.17. The van der Waals surface area contributed by atoms with Crippen molar-refractivity contribution in [1.82, 2.24) is 5.32 Å². The van der Waals surface area contributed by atoms with Crippen LogP contribution >= 0.6 is 0 Å². The van der Waals surface area contributed by atoms with Crippen molar-refractivity contribution in [1.29, 1.82) is 0 Å². The number of hydrogen-bond donors (Lipinski definition) is 3. The monoisotopic (exact) mass is 262 g/mol. The number of carboxylic acid groups (broad SMARTS) is 1. The highest BCUT2D eigenvalue weighted by atomic mass is 19.1. The predicted octanol–water partition coefficient (Wildman–Crippen LogP) is 1.70. The fourth-order valence-electron chi connectivity index (χ4n) is 1.07. The van der Waals surface area contributed by atoms with Gasteiger partial charge in [-0.3, -0.25) is 4.79 Å². The first-order valence-electron chi connectivity index (χ1n) is 4.76. The van der Waals surface area contributed by atoms with Gasteiger partial charge in [-0.25, -0.2) is 18.0 Å². The van der Waals surface area contributed by atoms with Gasteiger partial charge in [-0.1, -0.05) is 0 Å². The van der Waals surface area contributed by atoms with Crippen molar-refractivity contribution < 1.29 is 27.9 Å². The van der Waals surface area contributed by atoms with Gasteiger partial charge in [0.25, 0.3) is 0 Å². The Labute approximate surface area is 99.6 Å². The second-order valence-electron chi connectivity index (χ2n) is 3.40. The van der Waals surface area contributed by atoms with Gasteiger partial charge in [0.15, 0.2) is 11.6 Å². The number of nitrogens with one attached hydrogen (secondary N) is 2. The van der Waals surface area contributed by atoms with Crippen molar-refractivity contribution in [2.24, 2.45) is 0 Å². The van der Waals surface area contributed by atoms with E-state index in [4.69, 9.17) is 5.11 Å². The number of urea groups is 1. The summed E-state index contributed by atoms with van der Waals surface area (Å²) >= 11 is 0. The maximum atomic E-state index is 13.1. The summed E-state index contributed by atoms with van der Waals surface area (Å²) in [7, 11) is 0. The van der Waals surface area contributed by atoms with Crippen LogP contribution in [-0.4, -0.2) is 23.1 Å². The molecule has 1 aromatic carbocycles. The lowest BCUT2D eigenvalue weighted by molar-refractivity contribution is -0.138. The van der Waals surface area contributed by atoms with Gasteiger partial charge >= 0.3 is 12.0 Å². The molecule has 0 spiro atoms. The summed E-state index contributed by atoms with van der Waals surface area (Å²) in [4.78, 5) is 21.6. The highest BCUT2D eigenvalue weighted by molar-refractivity contribution is 5.92. The van der Waals surface area contributed by atoms with E-state index in [0.29, 0.717) is 12.1 Å². The van der Waals surface area contributed by atoms with Gasteiger partial charge in [0.1, 0.15) is 17.5 Å². The van der Waals surface area contributed by atoms with Gasteiger partial charge in [-0.05, 0) is 6.92 Å². The molecule has 3 N–H and O–H groups in total. The van der Waals surface area contributed by atoms with Crippen molar-refractivity contribution >= 4 is 17.7 Å². The third kappa shape index (κ3) is 3.37. The molecule has 1 rings (SSSR count). The van der Waals surface area contributed by atoms with Crippen molar-refractivity contribution in [2.75, 3.05) is 5.32 Å². The molecule has 0 saturated carbocycles. The molecule has 0 aliphatic rings. The van der Waals surface area contributed by atoms with E-state index >= 15 is 0 Å². The van der Waals surface area contributed by atoms with E-state index in [0.717, 1.165) is 0 Å². The summed E-state index contributed by atoms with van der Waals surface area (Å²) in [5, 5.41) is 12.2. The van der Waals surface area contributed by atoms with Crippen LogP contribution < -0.4 is 10.6 Å². The van der Waals surface area contributed by atoms with Crippen LogP contribution in [0.25, 0.3) is 0 Å². The molecule has 8 heteroatoms. The fraction of sp³-hybridized carbons (Fsp3) is 0.200. The molecule has 5 nitrogen and oxygen atoms in total. The number of amides is 2. The van der Waals surface area contributed by atoms with E-state index in [1.165, 1.54) is 6.92 Å². The molecule has 98 valence electrons. The van der Waals surface area contributed by atoms with Crippen LogP contribution in [0.4, 0.5) is 23.7 Å². The molecule has 0 radical (unpaired) electrons. The average Bonchev–Trinajstić information content (AvgIpc) is 2.23. The lowest BCUT2D eigenvalue weighted by Gasteiger charge is -2.11. The quantitative estimate of drug-likeness (QED) is 0.775. The normalized spacial score (nSPS) is 11.8. The number of carbonyl (C=O) groups excluding carboxylic acids is 1. The smallest absolute Gasteiger partial charge is 0.325 e. The molecule has 0 unspecified atom stereocenters. The van der Waals surface area contributed by atoms with Gasteiger partial charge in [0.05, 0.1) is 0 Å². The highest BCUT2D eigenvalue weighted by Gasteiger charge is 2.17. The number of benzene rings is 1. The zero-order valence-electron chi connectivity index (χ0n) is 9.13. The average molecular weight is 262 g/mol. The summed E-state index contributed by atoms with van der Waals surface area (Å²) in [6.07, 6.45) is 0. The van der Waals surface area contributed by atoms with Gasteiger partial charge in [-0.15, -0.1) is 0 Å². The van der Waals surface area contributed by atoms with Crippen LogP contribution in [0, 0.1) is 17.5 Å². The van der Waals surface area contributed by atoms with E-state index in [2.05, 4.69) is 0 Å². The molecule has 1 aromatic rings. The number of carboxylic acids is 1. The van der Waals surface area contributed by atoms with Gasteiger partial charge < -0.3 is 15.7 Å². The third-order valence-corrected chi connectivity index (χ3v) is 1.96. The molecule has 18 heavy (non-hydrogen) atoms. The van der Waals surface area contributed by atoms with E-state index in [1.807, 2.05) is 5.32 Å². The Morgan fingerprint density at radius 2 is 1.72 bits per heavy atom. The van der Waals surface area contributed by atoms with Crippen LogP contribution in [-0.2, 0) is 4.79 Å². The maximum Gasteiger partial charge on any atom is 0.325 e. The Morgan fingerprint density at radius 3 is 2.17 bits per heavy atom.